The molecule has 2 heterocycles. The van der Waals surface area contributed by atoms with Gasteiger partial charge in [-0.2, -0.15) is 0 Å². The Labute approximate surface area is 112 Å². The summed E-state index contributed by atoms with van der Waals surface area (Å²) in [6.07, 6.45) is 5.59. The molecule has 1 atom stereocenters. The molecule has 1 saturated heterocycles. The highest BCUT2D eigenvalue weighted by Gasteiger charge is 2.26. The van der Waals surface area contributed by atoms with Crippen molar-refractivity contribution in [2.45, 2.75) is 31.8 Å². The molecule has 0 radical (unpaired) electrons. The molecule has 0 aromatic carbocycles. The minimum atomic E-state index is -0.592. The third kappa shape index (κ3) is 2.94. The van der Waals surface area contributed by atoms with Crippen LogP contribution in [0.1, 0.15) is 31.7 Å². The molecule has 98 valence electrons. The minimum Gasteiger partial charge on any atom is -0.390 e. The summed E-state index contributed by atoms with van der Waals surface area (Å²) in [5.74, 6) is 0.773. The Bertz CT molecular complexity index is 449. The monoisotopic (exact) mass is 266 g/mol. The van der Waals surface area contributed by atoms with Crippen LogP contribution in [0.15, 0.2) is 12.5 Å². The largest absolute Gasteiger partial charge is 0.390 e. The van der Waals surface area contributed by atoms with Crippen LogP contribution < -0.4 is 10.6 Å². The van der Waals surface area contributed by atoms with Gasteiger partial charge in [0, 0.05) is 19.3 Å². The summed E-state index contributed by atoms with van der Waals surface area (Å²) < 4.78 is 0. The molecule has 2 rings (SSSR count). The maximum Gasteiger partial charge on any atom is 0.142 e. The highest BCUT2D eigenvalue weighted by Crippen LogP contribution is 2.25. The van der Waals surface area contributed by atoms with Crippen LogP contribution in [-0.2, 0) is 0 Å². The van der Waals surface area contributed by atoms with Crippen molar-refractivity contribution >= 4 is 23.0 Å². The number of rotatable bonds is 2. The predicted octanol–water partition coefficient (Wildman–Crippen LogP) is 0.852. The van der Waals surface area contributed by atoms with Crippen LogP contribution in [0, 0.1) is 0 Å². The van der Waals surface area contributed by atoms with E-state index in [9.17, 15) is 5.11 Å². The summed E-state index contributed by atoms with van der Waals surface area (Å²) in [5.41, 5.74) is 5.80. The predicted molar refractivity (Wildman–Crippen MR) is 74.6 cm³/mol. The number of nitrogens with two attached hydrogens (primary N) is 1. The quantitative estimate of drug-likeness (QED) is 0.773. The number of nitrogens with zero attached hydrogens (tertiary/aromatic N) is 3. The first kappa shape index (κ1) is 13.2. The molecule has 1 aromatic heterocycles. The average Bonchev–Trinajstić information content (AvgIpc) is 2.50. The fourth-order valence-electron chi connectivity index (χ4n) is 2.22. The van der Waals surface area contributed by atoms with Gasteiger partial charge in [-0.25, -0.2) is 9.97 Å². The highest BCUT2D eigenvalue weighted by atomic mass is 32.1. The van der Waals surface area contributed by atoms with Gasteiger partial charge in [0.25, 0.3) is 0 Å². The zero-order chi connectivity index (χ0) is 13.2. The zero-order valence-corrected chi connectivity index (χ0v) is 11.3. The molecule has 1 aliphatic heterocycles. The van der Waals surface area contributed by atoms with E-state index in [1.54, 1.807) is 6.20 Å². The summed E-state index contributed by atoms with van der Waals surface area (Å²) in [6, 6.07) is 0. The van der Waals surface area contributed by atoms with Gasteiger partial charge in [0.05, 0.1) is 11.2 Å². The van der Waals surface area contributed by atoms with Gasteiger partial charge in [0.2, 0.25) is 0 Å². The Morgan fingerprint density at radius 1 is 1.50 bits per heavy atom. The summed E-state index contributed by atoms with van der Waals surface area (Å²) in [6.45, 7) is 3.48. The van der Waals surface area contributed by atoms with Crippen molar-refractivity contribution in [3.63, 3.8) is 0 Å². The van der Waals surface area contributed by atoms with Crippen LogP contribution in [0.4, 0.5) is 5.82 Å². The Morgan fingerprint density at radius 2 is 2.28 bits per heavy atom. The summed E-state index contributed by atoms with van der Waals surface area (Å²) in [5, 5.41) is 10.1. The Hall–Kier alpha value is -1.27. The zero-order valence-electron chi connectivity index (χ0n) is 10.5. The standard InChI is InChI=1S/C12H18N4OS/c1-12(17)3-2-5-16(6-4-12)11-9(10(13)18)7-14-8-15-11/h7-8,17H,2-6H2,1H3,(H2,13,18). The maximum absolute atomic E-state index is 10.1. The van der Waals surface area contributed by atoms with E-state index in [4.69, 9.17) is 18.0 Å². The van der Waals surface area contributed by atoms with E-state index >= 15 is 0 Å². The lowest BCUT2D eigenvalue weighted by atomic mass is 9.98. The maximum atomic E-state index is 10.1. The molecule has 0 spiro atoms. The van der Waals surface area contributed by atoms with Gasteiger partial charge in [0.1, 0.15) is 17.1 Å². The number of hydrogen-bond donors (Lipinski definition) is 2. The molecule has 0 aliphatic carbocycles. The van der Waals surface area contributed by atoms with Crippen molar-refractivity contribution in [3.8, 4) is 0 Å². The van der Waals surface area contributed by atoms with Gasteiger partial charge in [-0.1, -0.05) is 12.2 Å². The van der Waals surface area contributed by atoms with E-state index in [1.807, 2.05) is 6.92 Å². The molecule has 1 fully saturated rings. The number of aromatic nitrogens is 2. The molecular formula is C12H18N4OS. The first-order valence-corrected chi connectivity index (χ1v) is 6.47. The first-order chi connectivity index (χ1) is 8.49. The first-order valence-electron chi connectivity index (χ1n) is 6.07. The molecule has 5 nitrogen and oxygen atoms in total. The topological polar surface area (TPSA) is 75.3 Å². The van der Waals surface area contributed by atoms with Gasteiger partial charge >= 0.3 is 0 Å². The van der Waals surface area contributed by atoms with E-state index in [-0.39, 0.29) is 0 Å². The third-order valence-electron chi connectivity index (χ3n) is 3.32. The van der Waals surface area contributed by atoms with Gasteiger partial charge in [-0.05, 0) is 26.2 Å². The summed E-state index contributed by atoms with van der Waals surface area (Å²) in [7, 11) is 0. The number of hydrogen-bond acceptors (Lipinski definition) is 5. The van der Waals surface area contributed by atoms with Gasteiger partial charge < -0.3 is 15.7 Å². The molecule has 6 heteroatoms. The Morgan fingerprint density at radius 3 is 3.00 bits per heavy atom. The molecule has 0 saturated carbocycles. The average molecular weight is 266 g/mol. The van der Waals surface area contributed by atoms with E-state index in [2.05, 4.69) is 14.9 Å². The highest BCUT2D eigenvalue weighted by molar-refractivity contribution is 7.80. The van der Waals surface area contributed by atoms with Crippen molar-refractivity contribution in [1.29, 1.82) is 0 Å². The molecule has 0 amide bonds. The van der Waals surface area contributed by atoms with Crippen molar-refractivity contribution in [3.05, 3.63) is 18.1 Å². The lowest BCUT2D eigenvalue weighted by Crippen LogP contribution is -2.30. The molecule has 1 aliphatic rings. The van der Waals surface area contributed by atoms with E-state index in [0.717, 1.165) is 31.7 Å². The van der Waals surface area contributed by atoms with Gasteiger partial charge in [0.15, 0.2) is 0 Å². The van der Waals surface area contributed by atoms with E-state index in [0.29, 0.717) is 17.0 Å². The van der Waals surface area contributed by atoms with Gasteiger partial charge in [-0.3, -0.25) is 0 Å². The van der Waals surface area contributed by atoms with Crippen LogP contribution in [-0.4, -0.2) is 38.8 Å². The fourth-order valence-corrected chi connectivity index (χ4v) is 2.37. The smallest absolute Gasteiger partial charge is 0.142 e. The van der Waals surface area contributed by atoms with Crippen molar-refractivity contribution in [1.82, 2.24) is 9.97 Å². The molecule has 1 unspecified atom stereocenters. The molecular weight excluding hydrogens is 248 g/mol. The van der Waals surface area contributed by atoms with Crippen LogP contribution in [0.5, 0.6) is 0 Å². The lowest BCUT2D eigenvalue weighted by molar-refractivity contribution is 0.0481. The molecule has 1 aromatic rings. The van der Waals surface area contributed by atoms with E-state index in [1.165, 1.54) is 6.33 Å². The number of anilines is 1. The molecule has 0 bridgehead atoms. The second-order valence-corrected chi connectivity index (χ2v) is 5.40. The summed E-state index contributed by atoms with van der Waals surface area (Å²) >= 11 is 5.02. The fraction of sp³-hybridized carbons (Fsp3) is 0.583. The lowest BCUT2D eigenvalue weighted by Gasteiger charge is -2.24. The number of thiocarbonyl (C=S) groups is 1. The van der Waals surface area contributed by atoms with Crippen molar-refractivity contribution < 1.29 is 5.11 Å². The molecule has 3 N–H and O–H groups in total. The van der Waals surface area contributed by atoms with Crippen LogP contribution in [0.2, 0.25) is 0 Å². The minimum absolute atomic E-state index is 0.307. The normalized spacial score (nSPS) is 24.7. The number of aliphatic hydroxyl groups is 1. The Kier molecular flexibility index (Phi) is 3.77. The van der Waals surface area contributed by atoms with Crippen LogP contribution in [0.25, 0.3) is 0 Å². The molecule has 18 heavy (non-hydrogen) atoms. The van der Waals surface area contributed by atoms with Crippen LogP contribution >= 0.6 is 12.2 Å². The SMILES string of the molecule is CC1(O)CCCN(c2ncncc2C(N)=S)CC1. The second-order valence-electron chi connectivity index (χ2n) is 4.96. The van der Waals surface area contributed by atoms with Crippen molar-refractivity contribution in [2.75, 3.05) is 18.0 Å². The van der Waals surface area contributed by atoms with Crippen molar-refractivity contribution in [2.24, 2.45) is 5.73 Å². The van der Waals surface area contributed by atoms with E-state index < -0.39 is 5.60 Å². The second kappa shape index (κ2) is 5.16. The van der Waals surface area contributed by atoms with Gasteiger partial charge in [-0.15, -0.1) is 0 Å². The third-order valence-corrected chi connectivity index (χ3v) is 3.54. The summed E-state index contributed by atoms with van der Waals surface area (Å²) in [4.78, 5) is 10.7. The van der Waals surface area contributed by atoms with Crippen LogP contribution in [0.3, 0.4) is 0 Å². The Balaban J connectivity index is 2.24.